The molecule has 3 rings (SSSR count). The van der Waals surface area contributed by atoms with E-state index in [4.69, 9.17) is 35.4 Å². The third-order valence-corrected chi connectivity index (χ3v) is 4.69. The molecule has 27 heavy (non-hydrogen) atoms. The Balaban J connectivity index is 1.81. The number of nitrogens with one attached hydrogen (secondary N) is 3. The highest BCUT2D eigenvalue weighted by Crippen LogP contribution is 2.27. The highest BCUT2D eigenvalue weighted by atomic mass is 35.5. The maximum atomic E-state index is 12.8. The normalized spacial score (nSPS) is 16.9. The van der Waals surface area contributed by atoms with Crippen LogP contribution in [-0.4, -0.2) is 17.2 Å². The van der Waals surface area contributed by atoms with Crippen LogP contribution in [0.15, 0.2) is 64.9 Å². The Morgan fingerprint density at radius 3 is 2.33 bits per heavy atom. The Bertz CT molecular complexity index is 924. The van der Waals surface area contributed by atoms with Gasteiger partial charge in [0.25, 0.3) is 5.91 Å². The average Bonchev–Trinajstić information content (AvgIpc) is 2.63. The van der Waals surface area contributed by atoms with Crippen LogP contribution in [0.1, 0.15) is 24.1 Å². The number of allylic oxidation sites excluding steroid dienone is 1. The molecular weight excluding hydrogens is 403 g/mol. The summed E-state index contributed by atoms with van der Waals surface area (Å²) in [6.07, 6.45) is 1.55. The largest absolute Gasteiger partial charge is 0.351 e. The number of hydrogen-bond acceptors (Lipinski definition) is 3. The molecule has 138 valence electrons. The Hall–Kier alpha value is -2.41. The zero-order valence-corrected chi connectivity index (χ0v) is 16.6. The molecule has 1 amide bonds. The van der Waals surface area contributed by atoms with Crippen LogP contribution >= 0.6 is 35.4 Å². The van der Waals surface area contributed by atoms with Crippen molar-refractivity contribution in [1.29, 1.82) is 0 Å². The minimum absolute atomic E-state index is 0.333. The number of amides is 1. The van der Waals surface area contributed by atoms with Gasteiger partial charge >= 0.3 is 0 Å². The summed E-state index contributed by atoms with van der Waals surface area (Å²) in [6.45, 7) is 1.80. The van der Waals surface area contributed by atoms with Gasteiger partial charge in [-0.05, 0) is 54.5 Å². The molecule has 3 N–H and O–H groups in total. The lowest BCUT2D eigenvalue weighted by Gasteiger charge is -2.30. The minimum Gasteiger partial charge on any atom is -0.351 e. The SMILES string of the molecule is CC1=C(C(=O)N/N=C/c2ccc(Cl)cc2)C(c2ccc(Cl)cc2)NC(=S)N1. The van der Waals surface area contributed by atoms with E-state index in [1.54, 1.807) is 49.5 Å². The molecule has 1 aliphatic heterocycles. The van der Waals surface area contributed by atoms with E-state index >= 15 is 0 Å². The van der Waals surface area contributed by atoms with Crippen LogP contribution in [0.4, 0.5) is 0 Å². The standard InChI is InChI=1S/C19H16Cl2N4OS/c1-11-16(18(26)25-22-10-12-2-6-14(20)7-3-12)17(24-19(27)23-11)13-4-8-15(21)9-5-13/h2-10,17H,1H3,(H,25,26)(H2,23,24,27)/b22-10+. The average molecular weight is 419 g/mol. The van der Waals surface area contributed by atoms with Gasteiger partial charge in [-0.1, -0.05) is 47.5 Å². The summed E-state index contributed by atoms with van der Waals surface area (Å²) in [6, 6.07) is 14.0. The molecule has 2 aromatic rings. The van der Waals surface area contributed by atoms with Crippen molar-refractivity contribution in [3.63, 3.8) is 0 Å². The van der Waals surface area contributed by atoms with E-state index in [0.717, 1.165) is 11.1 Å². The van der Waals surface area contributed by atoms with Gasteiger partial charge in [0.15, 0.2) is 5.11 Å². The molecule has 0 spiro atoms. The lowest BCUT2D eigenvalue weighted by Crippen LogP contribution is -2.46. The van der Waals surface area contributed by atoms with Crippen LogP contribution in [0.2, 0.25) is 10.0 Å². The summed E-state index contributed by atoms with van der Waals surface area (Å²) in [5.74, 6) is -0.333. The number of carbonyl (C=O) groups is 1. The van der Waals surface area contributed by atoms with Crippen molar-refractivity contribution in [3.05, 3.63) is 81.0 Å². The summed E-state index contributed by atoms with van der Waals surface area (Å²) in [7, 11) is 0. The predicted octanol–water partition coefficient (Wildman–Crippen LogP) is 3.94. The maximum Gasteiger partial charge on any atom is 0.271 e. The number of nitrogens with zero attached hydrogens (tertiary/aromatic N) is 1. The molecule has 0 radical (unpaired) electrons. The van der Waals surface area contributed by atoms with Crippen molar-refractivity contribution in [2.45, 2.75) is 13.0 Å². The van der Waals surface area contributed by atoms with E-state index < -0.39 is 6.04 Å². The zero-order valence-electron chi connectivity index (χ0n) is 14.3. The molecule has 0 aliphatic carbocycles. The third kappa shape index (κ3) is 4.86. The second-order valence-electron chi connectivity index (χ2n) is 5.87. The molecule has 8 heteroatoms. The van der Waals surface area contributed by atoms with Crippen LogP contribution < -0.4 is 16.1 Å². The molecule has 1 unspecified atom stereocenters. The van der Waals surface area contributed by atoms with Crippen molar-refractivity contribution in [1.82, 2.24) is 16.1 Å². The first kappa shape index (κ1) is 19.4. The molecular formula is C19H16Cl2N4OS. The molecule has 0 fully saturated rings. The van der Waals surface area contributed by atoms with E-state index in [1.165, 1.54) is 0 Å². The number of thiocarbonyl (C=S) groups is 1. The first-order chi connectivity index (χ1) is 12.9. The highest BCUT2D eigenvalue weighted by Gasteiger charge is 2.29. The molecule has 1 aliphatic rings. The fraction of sp³-hybridized carbons (Fsp3) is 0.105. The van der Waals surface area contributed by atoms with Gasteiger partial charge in [0, 0.05) is 15.7 Å². The molecule has 2 aromatic carbocycles. The number of carbonyl (C=O) groups excluding carboxylic acids is 1. The monoisotopic (exact) mass is 418 g/mol. The van der Waals surface area contributed by atoms with Gasteiger partial charge in [-0.2, -0.15) is 5.10 Å². The first-order valence-corrected chi connectivity index (χ1v) is 9.23. The third-order valence-electron chi connectivity index (χ3n) is 3.97. The molecule has 0 saturated carbocycles. The van der Waals surface area contributed by atoms with Crippen LogP contribution in [0.25, 0.3) is 0 Å². The summed E-state index contributed by atoms with van der Waals surface area (Å²) >= 11 is 17.1. The second kappa shape index (κ2) is 8.52. The molecule has 1 atom stereocenters. The van der Waals surface area contributed by atoms with E-state index in [2.05, 4.69) is 21.2 Å². The lowest BCUT2D eigenvalue weighted by atomic mass is 9.95. The summed E-state index contributed by atoms with van der Waals surface area (Å²) in [4.78, 5) is 12.8. The van der Waals surface area contributed by atoms with Crippen molar-refractivity contribution in [3.8, 4) is 0 Å². The van der Waals surface area contributed by atoms with Crippen molar-refractivity contribution >= 4 is 52.7 Å². The number of hydrazone groups is 1. The van der Waals surface area contributed by atoms with Gasteiger partial charge in [0.1, 0.15) is 0 Å². The number of rotatable bonds is 4. The van der Waals surface area contributed by atoms with Crippen molar-refractivity contribution < 1.29 is 4.79 Å². The maximum absolute atomic E-state index is 12.8. The van der Waals surface area contributed by atoms with Crippen LogP contribution in [0.5, 0.6) is 0 Å². The van der Waals surface area contributed by atoms with Crippen LogP contribution in [0.3, 0.4) is 0 Å². The van der Waals surface area contributed by atoms with Crippen LogP contribution in [-0.2, 0) is 4.79 Å². The number of benzene rings is 2. The molecule has 1 heterocycles. The molecule has 5 nitrogen and oxygen atoms in total. The molecule has 0 saturated heterocycles. The summed E-state index contributed by atoms with van der Waals surface area (Å²) < 4.78 is 0. The Morgan fingerprint density at radius 1 is 1.11 bits per heavy atom. The van der Waals surface area contributed by atoms with Crippen molar-refractivity contribution in [2.24, 2.45) is 5.10 Å². The molecule has 0 aromatic heterocycles. The van der Waals surface area contributed by atoms with E-state index in [0.29, 0.717) is 26.4 Å². The topological polar surface area (TPSA) is 65.5 Å². The van der Waals surface area contributed by atoms with Gasteiger partial charge in [0.2, 0.25) is 0 Å². The predicted molar refractivity (Wildman–Crippen MR) is 113 cm³/mol. The van der Waals surface area contributed by atoms with E-state index in [-0.39, 0.29) is 5.91 Å². The smallest absolute Gasteiger partial charge is 0.271 e. The van der Waals surface area contributed by atoms with Gasteiger partial charge < -0.3 is 10.6 Å². The van der Waals surface area contributed by atoms with Gasteiger partial charge in [-0.15, -0.1) is 0 Å². The fourth-order valence-corrected chi connectivity index (χ4v) is 3.20. The number of halogens is 2. The fourth-order valence-electron chi connectivity index (χ4n) is 2.67. The van der Waals surface area contributed by atoms with E-state index in [1.807, 2.05) is 12.1 Å². The highest BCUT2D eigenvalue weighted by molar-refractivity contribution is 7.80. The quantitative estimate of drug-likeness (QED) is 0.399. The van der Waals surface area contributed by atoms with Gasteiger partial charge in [-0.25, -0.2) is 5.43 Å². The summed E-state index contributed by atoms with van der Waals surface area (Å²) in [5, 5.41) is 11.8. The lowest BCUT2D eigenvalue weighted by molar-refractivity contribution is -0.117. The summed E-state index contributed by atoms with van der Waals surface area (Å²) in [5.41, 5.74) is 5.42. The Morgan fingerprint density at radius 2 is 1.70 bits per heavy atom. The van der Waals surface area contributed by atoms with E-state index in [9.17, 15) is 4.79 Å². The number of hydrogen-bond donors (Lipinski definition) is 3. The van der Waals surface area contributed by atoms with Gasteiger partial charge in [0.05, 0.1) is 17.8 Å². The zero-order chi connectivity index (χ0) is 19.4. The van der Waals surface area contributed by atoms with Crippen molar-refractivity contribution in [2.75, 3.05) is 0 Å². The Labute approximate surface area is 172 Å². The first-order valence-electron chi connectivity index (χ1n) is 8.07. The molecule has 0 bridgehead atoms. The van der Waals surface area contributed by atoms with Crippen LogP contribution in [0, 0.1) is 0 Å². The second-order valence-corrected chi connectivity index (χ2v) is 7.15. The minimum atomic E-state index is -0.401. The van der Waals surface area contributed by atoms with Gasteiger partial charge in [-0.3, -0.25) is 4.79 Å². The Kier molecular flexibility index (Phi) is 6.11.